The first kappa shape index (κ1) is 21.6. The second kappa shape index (κ2) is 9.15. The van der Waals surface area contributed by atoms with Crippen molar-refractivity contribution in [1.82, 2.24) is 15.1 Å². The Morgan fingerprint density at radius 2 is 2.07 bits per heavy atom. The molecule has 1 N–H and O–H groups in total. The van der Waals surface area contributed by atoms with E-state index in [9.17, 15) is 13.2 Å². The lowest BCUT2D eigenvalue weighted by Crippen LogP contribution is -2.43. The van der Waals surface area contributed by atoms with Crippen LogP contribution >= 0.6 is 11.6 Å². The van der Waals surface area contributed by atoms with Gasteiger partial charge in [-0.05, 0) is 31.0 Å². The van der Waals surface area contributed by atoms with Gasteiger partial charge in [0.1, 0.15) is 10.7 Å². The molecule has 8 nitrogen and oxygen atoms in total. The molecule has 1 aromatic rings. The Morgan fingerprint density at radius 3 is 2.79 bits per heavy atom. The van der Waals surface area contributed by atoms with E-state index in [1.54, 1.807) is 43.2 Å². The van der Waals surface area contributed by atoms with Crippen molar-refractivity contribution >= 4 is 38.4 Å². The molecule has 1 saturated heterocycles. The van der Waals surface area contributed by atoms with Gasteiger partial charge in [0.2, 0.25) is 0 Å². The zero-order chi connectivity index (χ0) is 21.0. The second-order valence-electron chi connectivity index (χ2n) is 6.91. The molecule has 1 aromatic carbocycles. The Morgan fingerprint density at radius 1 is 1.28 bits per heavy atom. The highest BCUT2D eigenvalue weighted by Gasteiger charge is 2.34. The quantitative estimate of drug-likeness (QED) is 0.724. The number of nitrogens with zero attached hydrogens (tertiary/aromatic N) is 3. The lowest BCUT2D eigenvalue weighted by atomic mass is 10.1. The van der Waals surface area contributed by atoms with Gasteiger partial charge in [-0.25, -0.2) is 4.79 Å². The van der Waals surface area contributed by atoms with Crippen molar-refractivity contribution in [3.05, 3.63) is 40.4 Å². The van der Waals surface area contributed by atoms with Crippen LogP contribution in [-0.4, -0.2) is 76.5 Å². The first-order chi connectivity index (χ1) is 13.8. The lowest BCUT2D eigenvalue weighted by molar-refractivity contribution is 0.181. The number of nitrogens with one attached hydrogen (secondary N) is 1. The van der Waals surface area contributed by atoms with Crippen molar-refractivity contribution in [2.75, 3.05) is 46.4 Å². The predicted molar refractivity (Wildman–Crippen MR) is 113 cm³/mol. The van der Waals surface area contributed by atoms with Gasteiger partial charge in [0.15, 0.2) is 0 Å². The standard InChI is InChI=1S/C19H25ClN4O4S/c1-14-17(15-5-3-6-16(20)13-15)29(26,27)22-18(14)23-8-4-9-24(11-10-23)19(25)21-7-12-28-2/h3,5-6,13H,4,7-12H2,1-2H3,(H,21,25). The van der Waals surface area contributed by atoms with Crippen molar-refractivity contribution in [3.63, 3.8) is 0 Å². The van der Waals surface area contributed by atoms with Crippen LogP contribution in [-0.2, 0) is 14.8 Å². The van der Waals surface area contributed by atoms with Crippen LogP contribution in [0.4, 0.5) is 4.79 Å². The number of benzene rings is 1. The number of amides is 2. The molecule has 2 amide bonds. The molecule has 158 valence electrons. The smallest absolute Gasteiger partial charge is 0.317 e. The summed E-state index contributed by atoms with van der Waals surface area (Å²) in [5, 5.41) is 3.29. The minimum absolute atomic E-state index is 0.142. The summed E-state index contributed by atoms with van der Waals surface area (Å²) in [6, 6.07) is 6.62. The Kier molecular flexibility index (Phi) is 6.81. The van der Waals surface area contributed by atoms with Crippen LogP contribution in [0.2, 0.25) is 5.02 Å². The van der Waals surface area contributed by atoms with Gasteiger partial charge < -0.3 is 19.9 Å². The average molecular weight is 441 g/mol. The van der Waals surface area contributed by atoms with Crippen molar-refractivity contribution in [3.8, 4) is 0 Å². The highest BCUT2D eigenvalue weighted by molar-refractivity contribution is 8.00. The molecular formula is C19H25ClN4O4S. The van der Waals surface area contributed by atoms with E-state index < -0.39 is 10.0 Å². The molecule has 1 fully saturated rings. The fourth-order valence-electron chi connectivity index (χ4n) is 3.52. The third kappa shape index (κ3) is 4.91. The molecule has 0 saturated carbocycles. The largest absolute Gasteiger partial charge is 0.383 e. The SMILES string of the molecule is COCCNC(=O)N1CCCN(C2=NS(=O)(=O)C(c3cccc(Cl)c3)=C2C)CC1. The molecule has 10 heteroatoms. The zero-order valence-electron chi connectivity index (χ0n) is 16.5. The number of urea groups is 1. The van der Waals surface area contributed by atoms with Gasteiger partial charge in [0.05, 0.1) is 6.61 Å². The number of amidine groups is 1. The topological polar surface area (TPSA) is 91.3 Å². The summed E-state index contributed by atoms with van der Waals surface area (Å²) in [4.78, 5) is 16.1. The van der Waals surface area contributed by atoms with Gasteiger partial charge in [0, 0.05) is 50.4 Å². The Balaban J connectivity index is 1.76. The van der Waals surface area contributed by atoms with Crippen LogP contribution in [0, 0.1) is 0 Å². The van der Waals surface area contributed by atoms with Crippen molar-refractivity contribution in [2.45, 2.75) is 13.3 Å². The van der Waals surface area contributed by atoms with E-state index in [0.29, 0.717) is 61.3 Å². The lowest BCUT2D eigenvalue weighted by Gasteiger charge is -2.24. The number of hydrogen-bond donors (Lipinski definition) is 1. The van der Waals surface area contributed by atoms with Crippen LogP contribution in [0.5, 0.6) is 0 Å². The fourth-order valence-corrected chi connectivity index (χ4v) is 5.18. The Hall–Kier alpha value is -2.10. The molecule has 3 rings (SSSR count). The molecular weight excluding hydrogens is 416 g/mol. The molecule has 0 radical (unpaired) electrons. The van der Waals surface area contributed by atoms with E-state index in [1.807, 2.05) is 4.90 Å². The first-order valence-corrected chi connectivity index (χ1v) is 11.2. The maximum absolute atomic E-state index is 12.7. The van der Waals surface area contributed by atoms with E-state index >= 15 is 0 Å². The van der Waals surface area contributed by atoms with Gasteiger partial charge in [-0.1, -0.05) is 23.7 Å². The minimum atomic E-state index is -3.80. The van der Waals surface area contributed by atoms with Gasteiger partial charge in [-0.3, -0.25) is 0 Å². The molecule has 2 aliphatic heterocycles. The monoisotopic (exact) mass is 440 g/mol. The van der Waals surface area contributed by atoms with Gasteiger partial charge in [0.25, 0.3) is 10.0 Å². The molecule has 0 atom stereocenters. The molecule has 0 aliphatic carbocycles. The number of ether oxygens (including phenoxy) is 1. The van der Waals surface area contributed by atoms with Crippen LogP contribution in [0.15, 0.2) is 34.2 Å². The Bertz CT molecular complexity index is 945. The molecule has 0 aromatic heterocycles. The molecule has 2 heterocycles. The number of rotatable bonds is 4. The third-order valence-electron chi connectivity index (χ3n) is 4.89. The van der Waals surface area contributed by atoms with Crippen LogP contribution < -0.4 is 5.32 Å². The van der Waals surface area contributed by atoms with E-state index in [2.05, 4.69) is 9.71 Å². The number of hydrogen-bond acceptors (Lipinski definition) is 5. The van der Waals surface area contributed by atoms with Crippen LogP contribution in [0.1, 0.15) is 18.9 Å². The highest BCUT2D eigenvalue weighted by atomic mass is 35.5. The van der Waals surface area contributed by atoms with E-state index in [4.69, 9.17) is 16.3 Å². The van der Waals surface area contributed by atoms with E-state index in [-0.39, 0.29) is 10.9 Å². The first-order valence-electron chi connectivity index (χ1n) is 9.42. The molecule has 2 aliphatic rings. The minimum Gasteiger partial charge on any atom is -0.383 e. The van der Waals surface area contributed by atoms with Crippen molar-refractivity contribution in [1.29, 1.82) is 0 Å². The number of carbonyl (C=O) groups excluding carboxylic acids is 1. The predicted octanol–water partition coefficient (Wildman–Crippen LogP) is 2.18. The van der Waals surface area contributed by atoms with Crippen molar-refractivity contribution < 1.29 is 17.9 Å². The summed E-state index contributed by atoms with van der Waals surface area (Å²) >= 11 is 6.05. The van der Waals surface area contributed by atoms with Gasteiger partial charge in [-0.15, -0.1) is 4.40 Å². The van der Waals surface area contributed by atoms with Crippen LogP contribution in [0.3, 0.4) is 0 Å². The summed E-state index contributed by atoms with van der Waals surface area (Å²) in [5.74, 6) is 0.446. The average Bonchev–Trinajstić information content (AvgIpc) is 2.82. The molecule has 0 bridgehead atoms. The molecule has 29 heavy (non-hydrogen) atoms. The van der Waals surface area contributed by atoms with Crippen LogP contribution in [0.25, 0.3) is 4.91 Å². The zero-order valence-corrected chi connectivity index (χ0v) is 18.1. The van der Waals surface area contributed by atoms with Crippen molar-refractivity contribution in [2.24, 2.45) is 4.40 Å². The third-order valence-corrected chi connectivity index (χ3v) is 6.60. The number of methoxy groups -OCH3 is 1. The normalized spacial score (nSPS) is 19.2. The summed E-state index contributed by atoms with van der Waals surface area (Å²) in [6.07, 6.45) is 0.719. The maximum atomic E-state index is 12.7. The number of halogens is 1. The fraction of sp³-hybridized carbons (Fsp3) is 0.474. The summed E-state index contributed by atoms with van der Waals surface area (Å²) in [5.41, 5.74) is 1.13. The summed E-state index contributed by atoms with van der Waals surface area (Å²) in [6.45, 7) is 4.88. The highest BCUT2D eigenvalue weighted by Crippen LogP contribution is 2.34. The molecule has 0 spiro atoms. The van der Waals surface area contributed by atoms with E-state index in [1.165, 1.54) is 0 Å². The summed E-state index contributed by atoms with van der Waals surface area (Å²) in [7, 11) is -2.22. The maximum Gasteiger partial charge on any atom is 0.317 e. The summed E-state index contributed by atoms with van der Waals surface area (Å²) < 4.78 is 34.5. The van der Waals surface area contributed by atoms with Gasteiger partial charge in [-0.2, -0.15) is 8.42 Å². The Labute approximate surface area is 176 Å². The van der Waals surface area contributed by atoms with Gasteiger partial charge >= 0.3 is 6.03 Å². The molecule has 0 unspecified atom stereocenters. The number of sulfonamides is 1. The number of carbonyl (C=O) groups is 1. The second-order valence-corrected chi connectivity index (χ2v) is 8.88. The van der Waals surface area contributed by atoms with E-state index in [0.717, 1.165) is 6.42 Å².